The molecule has 1 aliphatic rings. The average Bonchev–Trinajstić information content (AvgIpc) is 2.57. The third kappa shape index (κ3) is 4.58. The van der Waals surface area contributed by atoms with Crippen LogP contribution < -0.4 is 0 Å². The molecule has 0 unspecified atom stereocenters. The largest absolute Gasteiger partial charge is 0.458 e. The van der Waals surface area contributed by atoms with Gasteiger partial charge in [0, 0.05) is 12.5 Å². The fraction of sp³-hybridized carbons (Fsp3) is 0.650. The molecular weight excluding hydrogens is 302 g/mol. The van der Waals surface area contributed by atoms with Crippen molar-refractivity contribution in [2.24, 2.45) is 11.3 Å². The van der Waals surface area contributed by atoms with E-state index in [1.807, 2.05) is 18.2 Å². The average molecular weight is 333 g/mol. The van der Waals surface area contributed by atoms with E-state index in [2.05, 4.69) is 32.6 Å². The number of rotatable bonds is 6. The van der Waals surface area contributed by atoms with E-state index in [4.69, 9.17) is 4.74 Å². The van der Waals surface area contributed by atoms with Gasteiger partial charge in [-0.2, -0.15) is 0 Å². The molecule has 0 heterocycles. The number of nitrogens with zero attached hydrogens (tertiary/aromatic N) is 1. The molecule has 3 atom stereocenters. The zero-order chi connectivity index (χ0) is 17.7. The zero-order valence-electron chi connectivity index (χ0n) is 15.4. The first-order chi connectivity index (χ1) is 11.4. The van der Waals surface area contributed by atoms with Crippen LogP contribution >= 0.6 is 0 Å². The molecule has 0 aromatic heterocycles. The highest BCUT2D eigenvalue weighted by Gasteiger charge is 2.43. The van der Waals surface area contributed by atoms with Crippen LogP contribution in [-0.2, 0) is 4.74 Å². The fourth-order valence-electron chi connectivity index (χ4n) is 3.50. The molecular formula is C20H31NO3. The Kier molecular flexibility index (Phi) is 6.41. The zero-order valence-corrected chi connectivity index (χ0v) is 15.4. The van der Waals surface area contributed by atoms with Crippen LogP contribution in [0, 0.1) is 11.3 Å². The summed E-state index contributed by atoms with van der Waals surface area (Å²) in [4.78, 5) is 14.8. The van der Waals surface area contributed by atoms with Gasteiger partial charge < -0.3 is 14.7 Å². The van der Waals surface area contributed by atoms with E-state index in [-0.39, 0.29) is 29.5 Å². The van der Waals surface area contributed by atoms with Gasteiger partial charge in [-0.05, 0) is 43.5 Å². The standard InChI is InChI=1S/C20H31NO3/c1-5-21(6-2)14-16-12-18(22)20(3,4)13-17(16)24-19(23)15-10-8-7-9-11-15/h7-11,16-18,22H,5-6,12-14H2,1-4H3/t16-,17-,18-/m0/s1. The van der Waals surface area contributed by atoms with Gasteiger partial charge in [0.25, 0.3) is 0 Å². The van der Waals surface area contributed by atoms with Crippen LogP contribution in [0.2, 0.25) is 0 Å². The van der Waals surface area contributed by atoms with Crippen LogP contribution in [0.25, 0.3) is 0 Å². The lowest BCUT2D eigenvalue weighted by molar-refractivity contribution is -0.0860. The normalized spacial score (nSPS) is 26.3. The van der Waals surface area contributed by atoms with E-state index in [1.165, 1.54) is 0 Å². The number of esters is 1. The monoisotopic (exact) mass is 333 g/mol. The molecule has 134 valence electrons. The maximum atomic E-state index is 12.5. The molecule has 0 aliphatic heterocycles. The molecule has 0 bridgehead atoms. The number of hydrogen-bond donors (Lipinski definition) is 1. The van der Waals surface area contributed by atoms with Gasteiger partial charge in [-0.25, -0.2) is 4.79 Å². The lowest BCUT2D eigenvalue weighted by Gasteiger charge is -2.44. The molecule has 0 saturated heterocycles. The van der Waals surface area contributed by atoms with Gasteiger partial charge in [0.2, 0.25) is 0 Å². The summed E-state index contributed by atoms with van der Waals surface area (Å²) in [6, 6.07) is 9.15. The van der Waals surface area contributed by atoms with E-state index >= 15 is 0 Å². The van der Waals surface area contributed by atoms with Crippen LogP contribution in [0.4, 0.5) is 0 Å². The Morgan fingerprint density at radius 1 is 1.25 bits per heavy atom. The molecule has 0 radical (unpaired) electrons. The summed E-state index contributed by atoms with van der Waals surface area (Å²) in [5.41, 5.74) is 0.351. The molecule has 4 nitrogen and oxygen atoms in total. The van der Waals surface area contributed by atoms with Crippen LogP contribution in [0.5, 0.6) is 0 Å². The lowest BCUT2D eigenvalue weighted by atomic mass is 9.69. The summed E-state index contributed by atoms with van der Waals surface area (Å²) in [5, 5.41) is 10.5. The molecule has 2 rings (SSSR count). The second-order valence-corrected chi connectivity index (χ2v) is 7.50. The minimum atomic E-state index is -0.357. The van der Waals surface area contributed by atoms with Crippen molar-refractivity contribution in [3.63, 3.8) is 0 Å². The third-order valence-electron chi connectivity index (χ3n) is 5.34. The van der Waals surface area contributed by atoms with Crippen LogP contribution in [0.15, 0.2) is 30.3 Å². The topological polar surface area (TPSA) is 49.8 Å². The molecule has 0 spiro atoms. The van der Waals surface area contributed by atoms with Crippen LogP contribution in [-0.4, -0.2) is 47.8 Å². The van der Waals surface area contributed by atoms with Crippen molar-refractivity contribution < 1.29 is 14.6 Å². The van der Waals surface area contributed by atoms with Crippen molar-refractivity contribution >= 4 is 5.97 Å². The fourth-order valence-corrected chi connectivity index (χ4v) is 3.50. The molecule has 1 N–H and O–H groups in total. The Balaban J connectivity index is 2.13. The number of ether oxygens (including phenoxy) is 1. The van der Waals surface area contributed by atoms with Gasteiger partial charge in [-0.3, -0.25) is 0 Å². The van der Waals surface area contributed by atoms with Crippen molar-refractivity contribution in [2.45, 2.75) is 52.7 Å². The van der Waals surface area contributed by atoms with Crippen molar-refractivity contribution in [1.82, 2.24) is 4.90 Å². The second-order valence-electron chi connectivity index (χ2n) is 7.50. The number of aliphatic hydroxyl groups is 1. The first kappa shape index (κ1) is 18.9. The van der Waals surface area contributed by atoms with Crippen LogP contribution in [0.3, 0.4) is 0 Å². The predicted octanol–water partition coefficient (Wildman–Crippen LogP) is 3.35. The Morgan fingerprint density at radius 2 is 1.88 bits per heavy atom. The molecule has 1 aromatic carbocycles. The maximum Gasteiger partial charge on any atom is 0.338 e. The highest BCUT2D eigenvalue weighted by molar-refractivity contribution is 5.89. The SMILES string of the molecule is CCN(CC)C[C@@H]1C[C@H](O)C(C)(C)C[C@@H]1OC(=O)c1ccccc1. The molecule has 24 heavy (non-hydrogen) atoms. The van der Waals surface area contributed by atoms with E-state index in [1.54, 1.807) is 12.1 Å². The quantitative estimate of drug-likeness (QED) is 0.811. The highest BCUT2D eigenvalue weighted by atomic mass is 16.5. The number of benzene rings is 1. The lowest BCUT2D eigenvalue weighted by Crippen LogP contribution is -2.49. The first-order valence-electron chi connectivity index (χ1n) is 9.03. The summed E-state index contributed by atoms with van der Waals surface area (Å²) in [6.07, 6.45) is 0.857. The molecule has 4 heteroatoms. The summed E-state index contributed by atoms with van der Waals surface area (Å²) in [7, 11) is 0. The Hall–Kier alpha value is -1.39. The number of carbonyl (C=O) groups is 1. The van der Waals surface area contributed by atoms with E-state index in [9.17, 15) is 9.90 Å². The first-order valence-corrected chi connectivity index (χ1v) is 9.03. The third-order valence-corrected chi connectivity index (χ3v) is 5.34. The van der Waals surface area contributed by atoms with Crippen molar-refractivity contribution in [2.75, 3.05) is 19.6 Å². The van der Waals surface area contributed by atoms with Gasteiger partial charge >= 0.3 is 5.97 Å². The summed E-state index contributed by atoms with van der Waals surface area (Å²) < 4.78 is 5.89. The number of aliphatic hydroxyl groups excluding tert-OH is 1. The Morgan fingerprint density at radius 3 is 2.46 bits per heavy atom. The molecule has 0 amide bonds. The van der Waals surface area contributed by atoms with E-state index in [0.717, 1.165) is 19.6 Å². The van der Waals surface area contributed by atoms with Gasteiger partial charge in [0.05, 0.1) is 11.7 Å². The summed E-state index contributed by atoms with van der Waals surface area (Å²) in [6.45, 7) is 11.2. The predicted molar refractivity (Wildman–Crippen MR) is 95.9 cm³/mol. The van der Waals surface area contributed by atoms with E-state index in [0.29, 0.717) is 18.4 Å². The molecule has 1 aliphatic carbocycles. The minimum Gasteiger partial charge on any atom is -0.458 e. The smallest absolute Gasteiger partial charge is 0.338 e. The van der Waals surface area contributed by atoms with Gasteiger partial charge in [0.15, 0.2) is 0 Å². The van der Waals surface area contributed by atoms with Crippen molar-refractivity contribution in [3.8, 4) is 0 Å². The van der Waals surface area contributed by atoms with Crippen molar-refractivity contribution in [1.29, 1.82) is 0 Å². The van der Waals surface area contributed by atoms with Crippen molar-refractivity contribution in [3.05, 3.63) is 35.9 Å². The number of hydrogen-bond acceptors (Lipinski definition) is 4. The Labute approximate surface area is 145 Å². The molecule has 1 fully saturated rings. The summed E-state index contributed by atoms with van der Waals surface area (Å²) in [5.74, 6) is -0.0991. The highest BCUT2D eigenvalue weighted by Crippen LogP contribution is 2.40. The van der Waals surface area contributed by atoms with Gasteiger partial charge in [-0.15, -0.1) is 0 Å². The number of carbonyl (C=O) groups excluding carboxylic acids is 1. The maximum absolute atomic E-state index is 12.5. The van der Waals surface area contributed by atoms with Gasteiger partial charge in [-0.1, -0.05) is 45.9 Å². The van der Waals surface area contributed by atoms with E-state index < -0.39 is 0 Å². The van der Waals surface area contributed by atoms with Crippen LogP contribution in [0.1, 0.15) is 50.9 Å². The molecule has 1 aromatic rings. The molecule has 1 saturated carbocycles. The second kappa shape index (κ2) is 8.13. The Bertz CT molecular complexity index is 523. The minimum absolute atomic E-state index is 0.156. The van der Waals surface area contributed by atoms with Gasteiger partial charge in [0.1, 0.15) is 6.10 Å². The summed E-state index contributed by atoms with van der Waals surface area (Å²) >= 11 is 0.